The highest BCUT2D eigenvalue weighted by Gasteiger charge is 2.20. The van der Waals surface area contributed by atoms with E-state index in [0.717, 1.165) is 0 Å². The average Bonchev–Trinajstić information content (AvgIpc) is 2.03. The van der Waals surface area contributed by atoms with Gasteiger partial charge in [0, 0.05) is 12.8 Å². The molecular weight excluding hydrogens is 192 g/mol. The van der Waals surface area contributed by atoms with Gasteiger partial charge in [0.1, 0.15) is 17.9 Å². The maximum Gasteiger partial charge on any atom is 0.320 e. The van der Waals surface area contributed by atoms with Crippen LogP contribution in [0.1, 0.15) is 12.8 Å². The SMILES string of the molecule is NC(CC(=O)CC(N)C(=O)O)C(=O)O. The molecule has 0 aromatic heterocycles. The number of carboxylic acids is 2. The van der Waals surface area contributed by atoms with Crippen molar-refractivity contribution in [1.82, 2.24) is 0 Å². The topological polar surface area (TPSA) is 144 Å². The molecule has 0 amide bonds. The molecule has 0 aromatic rings. The summed E-state index contributed by atoms with van der Waals surface area (Å²) in [7, 11) is 0. The lowest BCUT2D eigenvalue weighted by Crippen LogP contribution is -2.37. The number of carbonyl (C=O) groups is 3. The van der Waals surface area contributed by atoms with Gasteiger partial charge in [-0.25, -0.2) is 0 Å². The van der Waals surface area contributed by atoms with Gasteiger partial charge in [-0.3, -0.25) is 14.4 Å². The monoisotopic (exact) mass is 204 g/mol. The zero-order valence-corrected chi connectivity index (χ0v) is 7.34. The van der Waals surface area contributed by atoms with Crippen LogP contribution in [0.5, 0.6) is 0 Å². The average molecular weight is 204 g/mol. The van der Waals surface area contributed by atoms with Gasteiger partial charge in [0.05, 0.1) is 0 Å². The molecule has 0 bridgehead atoms. The minimum absolute atomic E-state index is 0.406. The highest BCUT2D eigenvalue weighted by molar-refractivity contribution is 5.89. The summed E-state index contributed by atoms with van der Waals surface area (Å²) in [4.78, 5) is 31.4. The van der Waals surface area contributed by atoms with E-state index in [9.17, 15) is 14.4 Å². The molecule has 0 fully saturated rings. The maximum absolute atomic E-state index is 11.0. The predicted molar refractivity (Wildman–Crippen MR) is 45.5 cm³/mol. The van der Waals surface area contributed by atoms with Crippen molar-refractivity contribution in [3.63, 3.8) is 0 Å². The smallest absolute Gasteiger partial charge is 0.320 e. The number of carbonyl (C=O) groups excluding carboxylic acids is 1. The lowest BCUT2D eigenvalue weighted by molar-refractivity contribution is -0.141. The van der Waals surface area contributed by atoms with Gasteiger partial charge < -0.3 is 21.7 Å². The van der Waals surface area contributed by atoms with E-state index in [2.05, 4.69) is 0 Å². The standard InChI is InChI=1S/C7H12N2O5/c8-4(6(11)12)1-3(10)2-5(9)7(13)14/h4-5H,1-2,8-9H2,(H,11,12)(H,13,14). The molecule has 0 aliphatic rings. The fourth-order valence-corrected chi connectivity index (χ4v) is 0.749. The first-order valence-corrected chi connectivity index (χ1v) is 3.83. The zero-order chi connectivity index (χ0) is 11.3. The number of carboxylic acid groups (broad SMARTS) is 2. The normalized spacial score (nSPS) is 14.4. The molecule has 0 aromatic carbocycles. The van der Waals surface area contributed by atoms with E-state index in [-0.39, 0.29) is 0 Å². The Morgan fingerprint density at radius 1 is 0.929 bits per heavy atom. The Bertz CT molecular complexity index is 228. The highest BCUT2D eigenvalue weighted by Crippen LogP contribution is 1.98. The summed E-state index contributed by atoms with van der Waals surface area (Å²) in [5, 5.41) is 16.7. The second kappa shape index (κ2) is 5.30. The lowest BCUT2D eigenvalue weighted by atomic mass is 10.1. The molecule has 2 unspecified atom stereocenters. The molecule has 0 radical (unpaired) electrons. The minimum Gasteiger partial charge on any atom is -0.480 e. The summed E-state index contributed by atoms with van der Waals surface area (Å²) in [6.45, 7) is 0. The number of rotatable bonds is 6. The van der Waals surface area contributed by atoms with Gasteiger partial charge in [-0.15, -0.1) is 0 Å². The number of ketones is 1. The van der Waals surface area contributed by atoms with Crippen molar-refractivity contribution in [3.8, 4) is 0 Å². The van der Waals surface area contributed by atoms with E-state index < -0.39 is 42.6 Å². The van der Waals surface area contributed by atoms with E-state index >= 15 is 0 Å². The Kier molecular flexibility index (Phi) is 4.74. The molecule has 0 saturated heterocycles. The second-order valence-electron chi connectivity index (χ2n) is 2.84. The van der Waals surface area contributed by atoms with Crippen LogP contribution in [0.3, 0.4) is 0 Å². The molecule has 80 valence electrons. The van der Waals surface area contributed by atoms with Gasteiger partial charge in [0.15, 0.2) is 0 Å². The van der Waals surface area contributed by atoms with Crippen molar-refractivity contribution in [2.24, 2.45) is 11.5 Å². The predicted octanol–water partition coefficient (Wildman–Crippen LogP) is -1.84. The molecule has 2 atom stereocenters. The molecule has 0 rings (SSSR count). The highest BCUT2D eigenvalue weighted by atomic mass is 16.4. The Balaban J connectivity index is 3.99. The van der Waals surface area contributed by atoms with Crippen molar-refractivity contribution in [3.05, 3.63) is 0 Å². The minimum atomic E-state index is -1.30. The molecule has 7 heteroatoms. The fraction of sp³-hybridized carbons (Fsp3) is 0.571. The van der Waals surface area contributed by atoms with Gasteiger partial charge in [-0.2, -0.15) is 0 Å². The quantitative estimate of drug-likeness (QED) is 0.398. The second-order valence-corrected chi connectivity index (χ2v) is 2.84. The van der Waals surface area contributed by atoms with Gasteiger partial charge in [-0.1, -0.05) is 0 Å². The van der Waals surface area contributed by atoms with Crippen LogP contribution in [0, 0.1) is 0 Å². The summed E-state index contributed by atoms with van der Waals surface area (Å²) in [5.74, 6) is -3.18. The molecule has 7 nitrogen and oxygen atoms in total. The molecule has 6 N–H and O–H groups in total. The molecular formula is C7H12N2O5. The summed E-state index contributed by atoms with van der Waals surface area (Å²) in [6.07, 6.45) is -0.813. The van der Waals surface area contributed by atoms with Crippen LogP contribution in [0.2, 0.25) is 0 Å². The van der Waals surface area contributed by atoms with E-state index in [1.807, 2.05) is 0 Å². The van der Waals surface area contributed by atoms with E-state index in [4.69, 9.17) is 21.7 Å². The number of hydrogen-bond acceptors (Lipinski definition) is 5. The summed E-state index contributed by atoms with van der Waals surface area (Å²) in [6, 6.07) is -2.60. The van der Waals surface area contributed by atoms with E-state index in [1.54, 1.807) is 0 Å². The largest absolute Gasteiger partial charge is 0.480 e. The zero-order valence-electron chi connectivity index (χ0n) is 7.34. The first-order valence-electron chi connectivity index (χ1n) is 3.83. The lowest BCUT2D eigenvalue weighted by Gasteiger charge is -2.07. The third kappa shape index (κ3) is 4.53. The first kappa shape index (κ1) is 12.5. The fourth-order valence-electron chi connectivity index (χ4n) is 0.749. The molecule has 0 aliphatic heterocycles. The Morgan fingerprint density at radius 2 is 1.21 bits per heavy atom. The van der Waals surface area contributed by atoms with Crippen LogP contribution >= 0.6 is 0 Å². The van der Waals surface area contributed by atoms with Crippen LogP contribution in [0.4, 0.5) is 0 Å². The van der Waals surface area contributed by atoms with Gasteiger partial charge >= 0.3 is 11.9 Å². The van der Waals surface area contributed by atoms with Gasteiger partial charge in [0.25, 0.3) is 0 Å². The summed E-state index contributed by atoms with van der Waals surface area (Å²) in [5.41, 5.74) is 10.1. The van der Waals surface area contributed by atoms with E-state index in [0.29, 0.717) is 0 Å². The van der Waals surface area contributed by atoms with E-state index in [1.165, 1.54) is 0 Å². The molecule has 14 heavy (non-hydrogen) atoms. The molecule has 0 heterocycles. The molecule has 0 spiro atoms. The first-order chi connectivity index (χ1) is 6.34. The number of aliphatic carboxylic acids is 2. The third-order valence-corrected chi connectivity index (χ3v) is 1.53. The van der Waals surface area contributed by atoms with Crippen molar-refractivity contribution in [2.45, 2.75) is 24.9 Å². The number of hydrogen-bond donors (Lipinski definition) is 4. The van der Waals surface area contributed by atoms with Crippen LogP contribution in [0.15, 0.2) is 0 Å². The Morgan fingerprint density at radius 3 is 1.43 bits per heavy atom. The van der Waals surface area contributed by atoms with Crippen LogP contribution in [0.25, 0.3) is 0 Å². The van der Waals surface area contributed by atoms with Crippen molar-refractivity contribution >= 4 is 17.7 Å². The van der Waals surface area contributed by atoms with Crippen molar-refractivity contribution < 1.29 is 24.6 Å². The van der Waals surface area contributed by atoms with Crippen molar-refractivity contribution in [1.29, 1.82) is 0 Å². The molecule has 0 aliphatic carbocycles. The molecule has 0 saturated carbocycles. The van der Waals surface area contributed by atoms with Gasteiger partial charge in [-0.05, 0) is 0 Å². The van der Waals surface area contributed by atoms with Crippen molar-refractivity contribution in [2.75, 3.05) is 0 Å². The Hall–Kier alpha value is -1.47. The number of nitrogens with two attached hydrogens (primary N) is 2. The Labute approximate surface area is 79.7 Å². The summed E-state index contributed by atoms with van der Waals surface area (Å²) < 4.78 is 0. The van der Waals surface area contributed by atoms with Gasteiger partial charge in [0.2, 0.25) is 0 Å². The maximum atomic E-state index is 11.0. The van der Waals surface area contributed by atoms with Crippen LogP contribution < -0.4 is 11.5 Å². The summed E-state index contributed by atoms with van der Waals surface area (Å²) >= 11 is 0. The van der Waals surface area contributed by atoms with Crippen LogP contribution in [-0.4, -0.2) is 40.0 Å². The van der Waals surface area contributed by atoms with Crippen LogP contribution in [-0.2, 0) is 14.4 Å². The number of Topliss-reactive ketones (excluding diaryl/α,β-unsaturated/α-hetero) is 1. The third-order valence-electron chi connectivity index (χ3n) is 1.53.